The summed E-state index contributed by atoms with van der Waals surface area (Å²) >= 11 is 1.07. The van der Waals surface area contributed by atoms with Crippen molar-refractivity contribution in [1.29, 1.82) is 5.26 Å². The highest BCUT2D eigenvalue weighted by Gasteiger charge is 2.19. The van der Waals surface area contributed by atoms with Crippen LogP contribution in [0.25, 0.3) is 0 Å². The molecule has 0 radical (unpaired) electrons. The summed E-state index contributed by atoms with van der Waals surface area (Å²) in [5.41, 5.74) is 0.216. The fourth-order valence-corrected chi connectivity index (χ4v) is 3.60. The topological polar surface area (TPSA) is 70.0 Å². The third-order valence-corrected chi connectivity index (χ3v) is 5.01. The van der Waals surface area contributed by atoms with Gasteiger partial charge in [0.2, 0.25) is 0 Å². The Morgan fingerprint density at radius 2 is 2.25 bits per heavy atom. The van der Waals surface area contributed by atoms with Crippen LogP contribution in [0.3, 0.4) is 0 Å². The van der Waals surface area contributed by atoms with E-state index in [1.165, 1.54) is 6.07 Å². The molecule has 0 saturated heterocycles. The predicted octanol–water partition coefficient (Wildman–Crippen LogP) is 2.09. The molecule has 0 saturated carbocycles. The number of thiophene rings is 1. The number of rotatable bonds is 6. The molecule has 0 amide bonds. The van der Waals surface area contributed by atoms with Crippen molar-refractivity contribution in [1.82, 2.24) is 4.72 Å². The predicted molar refractivity (Wildman–Crippen MR) is 63.7 cm³/mol. The maximum Gasteiger partial charge on any atom is 0.251 e. The van der Waals surface area contributed by atoms with Crippen molar-refractivity contribution in [2.24, 2.45) is 0 Å². The Morgan fingerprint density at radius 3 is 2.88 bits per heavy atom. The van der Waals surface area contributed by atoms with Gasteiger partial charge in [-0.2, -0.15) is 5.26 Å². The zero-order valence-corrected chi connectivity index (χ0v) is 10.7. The minimum Gasteiger partial charge on any atom is -0.210 e. The fourth-order valence-electron chi connectivity index (χ4n) is 1.23. The molecule has 16 heavy (non-hydrogen) atoms. The van der Waals surface area contributed by atoms with Crippen LogP contribution in [0.1, 0.15) is 31.7 Å². The summed E-state index contributed by atoms with van der Waals surface area (Å²) in [7, 11) is -3.49. The van der Waals surface area contributed by atoms with E-state index in [2.05, 4.69) is 11.6 Å². The largest absolute Gasteiger partial charge is 0.251 e. The van der Waals surface area contributed by atoms with Gasteiger partial charge in [0.1, 0.15) is 6.07 Å². The second-order valence-electron chi connectivity index (χ2n) is 3.34. The smallest absolute Gasteiger partial charge is 0.210 e. The van der Waals surface area contributed by atoms with Gasteiger partial charge in [0.25, 0.3) is 10.0 Å². The van der Waals surface area contributed by atoms with E-state index in [1.807, 2.05) is 6.07 Å². The third kappa shape index (κ3) is 3.30. The van der Waals surface area contributed by atoms with Crippen LogP contribution < -0.4 is 4.72 Å². The minimum atomic E-state index is -3.49. The molecule has 0 aliphatic rings. The first-order valence-electron chi connectivity index (χ1n) is 5.09. The highest BCUT2D eigenvalue weighted by Crippen LogP contribution is 2.21. The third-order valence-electron chi connectivity index (χ3n) is 2.07. The van der Waals surface area contributed by atoms with Gasteiger partial charge in [-0.05, 0) is 17.9 Å². The fraction of sp³-hybridized carbons (Fsp3) is 0.500. The van der Waals surface area contributed by atoms with Crippen molar-refractivity contribution in [3.05, 3.63) is 17.0 Å². The van der Waals surface area contributed by atoms with E-state index in [4.69, 9.17) is 5.26 Å². The molecule has 1 aromatic rings. The Kier molecular flexibility index (Phi) is 4.93. The molecule has 1 heterocycles. The maximum absolute atomic E-state index is 11.8. The minimum absolute atomic E-state index is 0.117. The molecule has 0 atom stereocenters. The quantitative estimate of drug-likeness (QED) is 0.794. The van der Waals surface area contributed by atoms with Crippen molar-refractivity contribution in [3.8, 4) is 6.07 Å². The first-order chi connectivity index (χ1) is 7.61. The molecule has 0 unspecified atom stereocenters. The Balaban J connectivity index is 2.68. The average molecular weight is 258 g/mol. The van der Waals surface area contributed by atoms with Crippen LogP contribution >= 0.6 is 11.3 Å². The van der Waals surface area contributed by atoms with Gasteiger partial charge in [0, 0.05) is 6.54 Å². The highest BCUT2D eigenvalue weighted by atomic mass is 32.2. The molecule has 0 aliphatic heterocycles. The second-order valence-corrected chi connectivity index (χ2v) is 6.22. The number of hydrogen-bond acceptors (Lipinski definition) is 4. The molecule has 6 heteroatoms. The van der Waals surface area contributed by atoms with Crippen LogP contribution in [0.2, 0.25) is 0 Å². The number of hydrogen-bond donors (Lipinski definition) is 1. The molecule has 1 aromatic heterocycles. The summed E-state index contributed by atoms with van der Waals surface area (Å²) in [6.07, 6.45) is 2.87. The zero-order valence-electron chi connectivity index (χ0n) is 9.06. The lowest BCUT2D eigenvalue weighted by Crippen LogP contribution is -2.24. The van der Waals surface area contributed by atoms with Gasteiger partial charge in [-0.15, -0.1) is 11.3 Å². The molecule has 0 aromatic carbocycles. The van der Waals surface area contributed by atoms with E-state index in [-0.39, 0.29) is 9.77 Å². The molecule has 0 spiro atoms. The van der Waals surface area contributed by atoms with Gasteiger partial charge in [-0.3, -0.25) is 0 Å². The second kappa shape index (κ2) is 5.99. The lowest BCUT2D eigenvalue weighted by Gasteiger charge is -2.04. The Labute approximate surface area is 100.0 Å². The molecular formula is C10H14N2O2S2. The van der Waals surface area contributed by atoms with Crippen molar-refractivity contribution >= 4 is 21.4 Å². The van der Waals surface area contributed by atoms with Crippen molar-refractivity contribution in [2.75, 3.05) is 6.54 Å². The summed E-state index contributed by atoms with van der Waals surface area (Å²) in [6, 6.07) is 3.39. The average Bonchev–Trinajstić information content (AvgIpc) is 2.73. The summed E-state index contributed by atoms with van der Waals surface area (Å²) in [5, 5.41) is 10.4. The van der Waals surface area contributed by atoms with Gasteiger partial charge in [0.15, 0.2) is 4.21 Å². The van der Waals surface area contributed by atoms with Crippen LogP contribution in [0.5, 0.6) is 0 Å². The van der Waals surface area contributed by atoms with Gasteiger partial charge in [-0.1, -0.05) is 19.8 Å². The van der Waals surface area contributed by atoms with Gasteiger partial charge in [-0.25, -0.2) is 13.1 Å². The lowest BCUT2D eigenvalue weighted by atomic mass is 10.3. The monoisotopic (exact) mass is 258 g/mol. The summed E-state index contributed by atoms with van der Waals surface area (Å²) in [6.45, 7) is 2.49. The highest BCUT2D eigenvalue weighted by molar-refractivity contribution is 7.91. The van der Waals surface area contributed by atoms with Gasteiger partial charge >= 0.3 is 0 Å². The van der Waals surface area contributed by atoms with Crippen LogP contribution in [0.15, 0.2) is 15.7 Å². The van der Waals surface area contributed by atoms with Crippen molar-refractivity contribution in [3.63, 3.8) is 0 Å². The SMILES string of the molecule is CCCCCNS(=O)(=O)c1sccc1C#N. The normalized spacial score (nSPS) is 11.2. The number of sulfonamides is 1. The molecule has 0 aliphatic carbocycles. The van der Waals surface area contributed by atoms with Crippen LogP contribution in [0, 0.1) is 11.3 Å². The molecular weight excluding hydrogens is 244 g/mol. The van der Waals surface area contributed by atoms with Crippen LogP contribution in [0.4, 0.5) is 0 Å². The van der Waals surface area contributed by atoms with E-state index >= 15 is 0 Å². The summed E-state index contributed by atoms with van der Waals surface area (Å²) < 4.78 is 26.2. The van der Waals surface area contributed by atoms with Crippen LogP contribution in [-0.4, -0.2) is 15.0 Å². The summed E-state index contributed by atoms with van der Waals surface area (Å²) in [5.74, 6) is 0. The van der Waals surface area contributed by atoms with Crippen molar-refractivity contribution in [2.45, 2.75) is 30.4 Å². The van der Waals surface area contributed by atoms with E-state index in [0.29, 0.717) is 6.54 Å². The number of nitrogens with zero attached hydrogens (tertiary/aromatic N) is 1. The Morgan fingerprint density at radius 1 is 1.50 bits per heavy atom. The van der Waals surface area contributed by atoms with Gasteiger partial charge < -0.3 is 0 Å². The molecule has 88 valence electrons. The maximum atomic E-state index is 11.8. The number of nitriles is 1. The lowest BCUT2D eigenvalue weighted by molar-refractivity contribution is 0.578. The summed E-state index contributed by atoms with van der Waals surface area (Å²) in [4.78, 5) is 0. The Hall–Kier alpha value is -0.900. The van der Waals surface area contributed by atoms with E-state index in [1.54, 1.807) is 5.38 Å². The molecule has 4 nitrogen and oxygen atoms in total. The van der Waals surface area contributed by atoms with E-state index in [0.717, 1.165) is 30.6 Å². The van der Waals surface area contributed by atoms with Crippen molar-refractivity contribution < 1.29 is 8.42 Å². The van der Waals surface area contributed by atoms with E-state index < -0.39 is 10.0 Å². The molecule has 0 bridgehead atoms. The van der Waals surface area contributed by atoms with Gasteiger partial charge in [0.05, 0.1) is 5.56 Å². The van der Waals surface area contributed by atoms with Crippen LogP contribution in [-0.2, 0) is 10.0 Å². The molecule has 1 N–H and O–H groups in total. The molecule has 1 rings (SSSR count). The number of nitrogens with one attached hydrogen (secondary N) is 1. The van der Waals surface area contributed by atoms with E-state index in [9.17, 15) is 8.42 Å². The standard InChI is InChI=1S/C10H14N2O2S2/c1-2-3-4-6-12-16(13,14)10-9(8-11)5-7-15-10/h5,7,12H,2-4,6H2,1H3. The zero-order chi connectivity index (χ0) is 12.0. The molecule has 0 fully saturated rings. The Bertz CT molecular complexity index is 471. The number of unbranched alkanes of at least 4 members (excludes halogenated alkanes) is 2. The first kappa shape index (κ1) is 13.2. The first-order valence-corrected chi connectivity index (χ1v) is 7.45.